The molecule has 1 rings (SSSR count). The van der Waals surface area contributed by atoms with Crippen LogP contribution >= 0.6 is 0 Å². The second kappa shape index (κ2) is 3.90. The zero-order valence-corrected chi connectivity index (χ0v) is 7.62. The molecule has 1 N–H and O–H groups in total. The summed E-state index contributed by atoms with van der Waals surface area (Å²) in [6, 6.07) is 0. The molecule has 3 heteroatoms. The SMILES string of the molecule is CC(C)[C@H]1OCCC[C@H]1C(=O)O. The molecule has 0 amide bonds. The lowest BCUT2D eigenvalue weighted by molar-refractivity contribution is -0.154. The number of carboxylic acid groups (broad SMARTS) is 1. The molecule has 0 spiro atoms. The number of carboxylic acids is 1. The van der Waals surface area contributed by atoms with Crippen molar-refractivity contribution >= 4 is 5.97 Å². The van der Waals surface area contributed by atoms with Crippen LogP contribution in [-0.4, -0.2) is 23.8 Å². The van der Waals surface area contributed by atoms with Crippen molar-refractivity contribution in [2.75, 3.05) is 6.61 Å². The molecule has 2 atom stereocenters. The van der Waals surface area contributed by atoms with Crippen molar-refractivity contribution in [3.63, 3.8) is 0 Å². The third-order valence-electron chi connectivity index (χ3n) is 2.34. The van der Waals surface area contributed by atoms with Crippen molar-refractivity contribution in [1.29, 1.82) is 0 Å². The maximum absolute atomic E-state index is 10.8. The van der Waals surface area contributed by atoms with Gasteiger partial charge in [0.2, 0.25) is 0 Å². The molecule has 0 aromatic heterocycles. The van der Waals surface area contributed by atoms with E-state index in [2.05, 4.69) is 0 Å². The van der Waals surface area contributed by atoms with Gasteiger partial charge in [0.1, 0.15) is 0 Å². The fourth-order valence-corrected chi connectivity index (χ4v) is 1.72. The lowest BCUT2D eigenvalue weighted by Gasteiger charge is -2.31. The van der Waals surface area contributed by atoms with Crippen molar-refractivity contribution in [3.05, 3.63) is 0 Å². The number of aliphatic carboxylic acids is 1. The monoisotopic (exact) mass is 172 g/mol. The number of hydrogen-bond acceptors (Lipinski definition) is 2. The van der Waals surface area contributed by atoms with E-state index in [1.54, 1.807) is 0 Å². The highest BCUT2D eigenvalue weighted by Gasteiger charge is 2.33. The normalized spacial score (nSPS) is 30.6. The minimum atomic E-state index is -0.714. The standard InChI is InChI=1S/C9H16O3/c1-6(2)8-7(9(10)11)4-3-5-12-8/h6-8H,3-5H2,1-2H3,(H,10,11)/t7-,8-/m1/s1. The first kappa shape index (κ1) is 9.52. The highest BCUT2D eigenvalue weighted by atomic mass is 16.5. The summed E-state index contributed by atoms with van der Waals surface area (Å²) in [5.41, 5.74) is 0. The Hall–Kier alpha value is -0.570. The van der Waals surface area contributed by atoms with E-state index in [-0.39, 0.29) is 12.0 Å². The molecule has 0 saturated carbocycles. The maximum Gasteiger partial charge on any atom is 0.309 e. The summed E-state index contributed by atoms with van der Waals surface area (Å²) >= 11 is 0. The third-order valence-corrected chi connectivity index (χ3v) is 2.34. The van der Waals surface area contributed by atoms with Crippen LogP contribution in [0.3, 0.4) is 0 Å². The van der Waals surface area contributed by atoms with Crippen LogP contribution in [0, 0.1) is 11.8 Å². The molecule has 3 nitrogen and oxygen atoms in total. The Kier molecular flexibility index (Phi) is 3.09. The molecule has 1 saturated heterocycles. The van der Waals surface area contributed by atoms with E-state index in [4.69, 9.17) is 9.84 Å². The molecule has 70 valence electrons. The summed E-state index contributed by atoms with van der Waals surface area (Å²) < 4.78 is 5.43. The van der Waals surface area contributed by atoms with Gasteiger partial charge in [-0.05, 0) is 18.8 Å². The fraction of sp³-hybridized carbons (Fsp3) is 0.889. The van der Waals surface area contributed by atoms with Gasteiger partial charge in [0, 0.05) is 6.61 Å². The predicted octanol–water partition coefficient (Wildman–Crippen LogP) is 1.52. The molecule has 0 bridgehead atoms. The minimum Gasteiger partial charge on any atom is -0.481 e. The van der Waals surface area contributed by atoms with E-state index in [1.165, 1.54) is 0 Å². The molecule has 1 aliphatic heterocycles. The third kappa shape index (κ3) is 1.97. The topological polar surface area (TPSA) is 46.5 Å². The molecule has 0 aliphatic carbocycles. The summed E-state index contributed by atoms with van der Waals surface area (Å²) in [5, 5.41) is 8.88. The lowest BCUT2D eigenvalue weighted by atomic mass is 9.88. The van der Waals surface area contributed by atoms with Gasteiger partial charge in [0.05, 0.1) is 12.0 Å². The Morgan fingerprint density at radius 3 is 2.67 bits per heavy atom. The second-order valence-corrected chi connectivity index (χ2v) is 3.67. The summed E-state index contributed by atoms with van der Waals surface area (Å²) in [7, 11) is 0. The molecule has 12 heavy (non-hydrogen) atoms. The maximum atomic E-state index is 10.8. The van der Waals surface area contributed by atoms with E-state index >= 15 is 0 Å². The van der Waals surface area contributed by atoms with Crippen LogP contribution in [0.15, 0.2) is 0 Å². The van der Waals surface area contributed by atoms with Gasteiger partial charge >= 0.3 is 5.97 Å². The van der Waals surface area contributed by atoms with E-state index in [0.29, 0.717) is 12.5 Å². The number of carbonyl (C=O) groups is 1. The van der Waals surface area contributed by atoms with Crippen LogP contribution in [0.25, 0.3) is 0 Å². The smallest absolute Gasteiger partial charge is 0.309 e. The summed E-state index contributed by atoms with van der Waals surface area (Å²) in [5.74, 6) is -0.710. The first-order valence-corrected chi connectivity index (χ1v) is 4.47. The van der Waals surface area contributed by atoms with Crippen LogP contribution in [0.4, 0.5) is 0 Å². The first-order valence-electron chi connectivity index (χ1n) is 4.47. The van der Waals surface area contributed by atoms with Crippen molar-refractivity contribution < 1.29 is 14.6 Å². The molecular formula is C9H16O3. The van der Waals surface area contributed by atoms with Crippen LogP contribution in [0.2, 0.25) is 0 Å². The molecule has 1 aliphatic rings. The Bertz CT molecular complexity index is 165. The molecule has 0 unspecified atom stereocenters. The molecule has 1 heterocycles. The zero-order chi connectivity index (χ0) is 9.14. The van der Waals surface area contributed by atoms with Gasteiger partial charge in [-0.15, -0.1) is 0 Å². The zero-order valence-electron chi connectivity index (χ0n) is 7.62. The minimum absolute atomic E-state index is 0.0868. The van der Waals surface area contributed by atoms with E-state index in [9.17, 15) is 4.79 Å². The van der Waals surface area contributed by atoms with Crippen LogP contribution in [-0.2, 0) is 9.53 Å². The Labute approximate surface area is 72.7 Å². The Morgan fingerprint density at radius 2 is 2.25 bits per heavy atom. The van der Waals surface area contributed by atoms with Gasteiger partial charge in [-0.1, -0.05) is 13.8 Å². The highest BCUT2D eigenvalue weighted by molar-refractivity contribution is 5.70. The Balaban J connectivity index is 2.60. The Morgan fingerprint density at radius 1 is 1.58 bits per heavy atom. The van der Waals surface area contributed by atoms with Gasteiger partial charge in [-0.2, -0.15) is 0 Å². The largest absolute Gasteiger partial charge is 0.481 e. The molecule has 0 aromatic carbocycles. The highest BCUT2D eigenvalue weighted by Crippen LogP contribution is 2.26. The number of ether oxygens (including phenoxy) is 1. The van der Waals surface area contributed by atoms with Gasteiger partial charge in [0.15, 0.2) is 0 Å². The average molecular weight is 172 g/mol. The van der Waals surface area contributed by atoms with Crippen LogP contribution in [0.1, 0.15) is 26.7 Å². The van der Waals surface area contributed by atoms with Crippen molar-refractivity contribution in [3.8, 4) is 0 Å². The molecule has 0 radical (unpaired) electrons. The van der Waals surface area contributed by atoms with Gasteiger partial charge in [0.25, 0.3) is 0 Å². The molecular weight excluding hydrogens is 156 g/mol. The quantitative estimate of drug-likeness (QED) is 0.687. The number of rotatable bonds is 2. The van der Waals surface area contributed by atoms with E-state index < -0.39 is 5.97 Å². The van der Waals surface area contributed by atoms with Crippen LogP contribution < -0.4 is 0 Å². The van der Waals surface area contributed by atoms with Gasteiger partial charge in [-0.25, -0.2) is 0 Å². The summed E-state index contributed by atoms with van der Waals surface area (Å²) in [6.07, 6.45) is 1.55. The van der Waals surface area contributed by atoms with Crippen molar-refractivity contribution in [2.24, 2.45) is 11.8 Å². The van der Waals surface area contributed by atoms with Crippen molar-refractivity contribution in [2.45, 2.75) is 32.8 Å². The van der Waals surface area contributed by atoms with Gasteiger partial charge in [-0.3, -0.25) is 4.79 Å². The fourth-order valence-electron chi connectivity index (χ4n) is 1.72. The second-order valence-electron chi connectivity index (χ2n) is 3.67. The molecule has 1 fully saturated rings. The molecule has 0 aromatic rings. The predicted molar refractivity (Wildman–Crippen MR) is 44.9 cm³/mol. The average Bonchev–Trinajstić information content (AvgIpc) is 2.04. The van der Waals surface area contributed by atoms with E-state index in [1.807, 2.05) is 13.8 Å². The number of hydrogen-bond donors (Lipinski definition) is 1. The first-order chi connectivity index (χ1) is 5.63. The van der Waals surface area contributed by atoms with Crippen LogP contribution in [0.5, 0.6) is 0 Å². The lowest BCUT2D eigenvalue weighted by Crippen LogP contribution is -2.38. The summed E-state index contributed by atoms with van der Waals surface area (Å²) in [6.45, 7) is 4.73. The van der Waals surface area contributed by atoms with E-state index in [0.717, 1.165) is 12.8 Å². The summed E-state index contributed by atoms with van der Waals surface area (Å²) in [4.78, 5) is 10.8. The van der Waals surface area contributed by atoms with Gasteiger partial charge < -0.3 is 9.84 Å². The van der Waals surface area contributed by atoms with Crippen molar-refractivity contribution in [1.82, 2.24) is 0 Å².